The van der Waals surface area contributed by atoms with E-state index in [0.717, 1.165) is 17.5 Å². The summed E-state index contributed by atoms with van der Waals surface area (Å²) in [4.78, 5) is 34.4. The fraction of sp³-hybridized carbons (Fsp3) is 0.500. The van der Waals surface area contributed by atoms with Gasteiger partial charge in [0.25, 0.3) is 0 Å². The number of fused-ring (bicyclic) bond motifs is 1. The molecule has 1 amide bonds. The first-order chi connectivity index (χ1) is 18.5. The van der Waals surface area contributed by atoms with E-state index in [2.05, 4.69) is 4.90 Å². The Morgan fingerprint density at radius 2 is 1.55 bits per heavy atom. The van der Waals surface area contributed by atoms with Crippen molar-refractivity contribution in [3.8, 4) is 0 Å². The molecule has 0 N–H and O–H groups in total. The van der Waals surface area contributed by atoms with E-state index in [-0.39, 0.29) is 17.6 Å². The SMILES string of the molecule is CC(C)(C)OC(=O)N1CCN(c2cccc3c2N=C(S(C)(=O)=O)C3(Cc2ccccc2)OC(=O)C(C)(C)C)CC1. The van der Waals surface area contributed by atoms with Crippen molar-refractivity contribution in [1.82, 2.24) is 4.90 Å². The van der Waals surface area contributed by atoms with Crippen LogP contribution in [0.2, 0.25) is 0 Å². The summed E-state index contributed by atoms with van der Waals surface area (Å²) in [6.07, 6.45) is 0.852. The maximum absolute atomic E-state index is 13.4. The number of hydrogen-bond acceptors (Lipinski definition) is 8. The van der Waals surface area contributed by atoms with E-state index in [9.17, 15) is 18.0 Å². The van der Waals surface area contributed by atoms with Crippen LogP contribution in [0, 0.1) is 5.41 Å². The normalized spacial score (nSPS) is 19.6. The van der Waals surface area contributed by atoms with Crippen molar-refractivity contribution in [2.45, 2.75) is 59.2 Å². The largest absolute Gasteiger partial charge is 0.446 e. The smallest absolute Gasteiger partial charge is 0.410 e. The summed E-state index contributed by atoms with van der Waals surface area (Å²) in [7, 11) is -3.89. The number of carbonyl (C=O) groups is 2. The highest BCUT2D eigenvalue weighted by Crippen LogP contribution is 2.50. The molecule has 216 valence electrons. The number of carbonyl (C=O) groups excluding carboxylic acids is 2. The molecule has 9 nitrogen and oxygen atoms in total. The van der Waals surface area contributed by atoms with E-state index >= 15 is 0 Å². The highest BCUT2D eigenvalue weighted by atomic mass is 32.2. The number of sulfone groups is 1. The van der Waals surface area contributed by atoms with Crippen molar-refractivity contribution in [2.75, 3.05) is 37.3 Å². The Bertz CT molecular complexity index is 1420. The third-order valence-corrected chi connectivity index (χ3v) is 7.93. The van der Waals surface area contributed by atoms with E-state index < -0.39 is 32.4 Å². The van der Waals surface area contributed by atoms with Gasteiger partial charge in [-0.2, -0.15) is 0 Å². The number of hydrogen-bond donors (Lipinski definition) is 0. The molecule has 2 heterocycles. The van der Waals surface area contributed by atoms with Gasteiger partial charge in [0.05, 0.1) is 16.8 Å². The molecule has 0 saturated carbocycles. The van der Waals surface area contributed by atoms with Gasteiger partial charge in [0.15, 0.2) is 20.5 Å². The van der Waals surface area contributed by atoms with Crippen LogP contribution in [-0.4, -0.2) is 68.5 Å². The number of esters is 1. The molecule has 0 spiro atoms. The van der Waals surface area contributed by atoms with E-state index in [1.807, 2.05) is 63.2 Å². The van der Waals surface area contributed by atoms with Crippen molar-refractivity contribution in [3.05, 3.63) is 59.7 Å². The summed E-state index contributed by atoms with van der Waals surface area (Å²) >= 11 is 0. The second-order valence-corrected chi connectivity index (χ2v) is 14.4. The average Bonchev–Trinajstić information content (AvgIpc) is 3.17. The number of nitrogens with zero attached hydrogens (tertiary/aromatic N) is 3. The van der Waals surface area contributed by atoms with Gasteiger partial charge in [0.1, 0.15) is 5.60 Å². The number of rotatable bonds is 4. The molecule has 0 aliphatic carbocycles. The first-order valence-electron chi connectivity index (χ1n) is 13.4. The molecule has 1 fully saturated rings. The van der Waals surface area contributed by atoms with E-state index in [1.165, 1.54) is 0 Å². The molecule has 10 heteroatoms. The van der Waals surface area contributed by atoms with Gasteiger partial charge in [-0.15, -0.1) is 0 Å². The molecule has 1 saturated heterocycles. The lowest BCUT2D eigenvalue weighted by atomic mass is 9.87. The summed E-state index contributed by atoms with van der Waals surface area (Å²) in [5.74, 6) is -0.524. The Hall–Kier alpha value is -3.40. The third kappa shape index (κ3) is 6.16. The Morgan fingerprint density at radius 1 is 0.925 bits per heavy atom. The fourth-order valence-corrected chi connectivity index (χ4v) is 5.96. The molecule has 1 unspecified atom stereocenters. The van der Waals surface area contributed by atoms with Gasteiger partial charge in [-0.25, -0.2) is 18.2 Å². The Kier molecular flexibility index (Phi) is 7.79. The van der Waals surface area contributed by atoms with Crippen LogP contribution in [0.15, 0.2) is 53.5 Å². The minimum absolute atomic E-state index is 0.116. The second-order valence-electron chi connectivity index (χ2n) is 12.4. The van der Waals surface area contributed by atoms with Crippen LogP contribution in [0.1, 0.15) is 52.7 Å². The van der Waals surface area contributed by atoms with Crippen LogP contribution in [0.3, 0.4) is 0 Å². The molecule has 1 atom stereocenters. The number of benzene rings is 2. The van der Waals surface area contributed by atoms with Crippen LogP contribution >= 0.6 is 0 Å². The Balaban J connectivity index is 1.77. The monoisotopic (exact) mass is 569 g/mol. The van der Waals surface area contributed by atoms with Gasteiger partial charge in [-0.05, 0) is 53.2 Å². The van der Waals surface area contributed by atoms with E-state index in [0.29, 0.717) is 37.4 Å². The summed E-state index contributed by atoms with van der Waals surface area (Å²) in [5.41, 5.74) is -0.549. The van der Waals surface area contributed by atoms with Gasteiger partial charge < -0.3 is 19.3 Å². The Morgan fingerprint density at radius 3 is 2.10 bits per heavy atom. The standard InChI is InChI=1S/C30H39N3O6S/c1-28(2,3)26(34)38-30(20-21-12-9-8-10-13-21)22-14-11-15-23(24(22)31-25(30)40(7,36)37)32-16-18-33(19-17-32)27(35)39-29(4,5)6/h8-15H,16-20H2,1-7H3. The van der Waals surface area contributed by atoms with Crippen molar-refractivity contribution in [1.29, 1.82) is 0 Å². The summed E-state index contributed by atoms with van der Waals surface area (Å²) in [5, 5.41) is -0.184. The first-order valence-corrected chi connectivity index (χ1v) is 15.3. The van der Waals surface area contributed by atoms with Gasteiger partial charge in [0, 0.05) is 44.4 Å². The summed E-state index contributed by atoms with van der Waals surface area (Å²) in [6, 6.07) is 14.9. The van der Waals surface area contributed by atoms with Crippen LogP contribution in [0.25, 0.3) is 0 Å². The zero-order valence-corrected chi connectivity index (χ0v) is 25.2. The molecule has 0 radical (unpaired) electrons. The number of aliphatic imine (C=N–C) groups is 1. The van der Waals surface area contributed by atoms with Crippen molar-refractivity contribution >= 4 is 38.3 Å². The number of piperazine rings is 1. The maximum Gasteiger partial charge on any atom is 0.410 e. The fourth-order valence-electron chi connectivity index (χ4n) is 4.88. The van der Waals surface area contributed by atoms with Gasteiger partial charge in [-0.1, -0.05) is 42.5 Å². The Labute approximate surface area is 237 Å². The van der Waals surface area contributed by atoms with Gasteiger partial charge in [-0.3, -0.25) is 4.79 Å². The van der Waals surface area contributed by atoms with Gasteiger partial charge in [0.2, 0.25) is 0 Å². The highest BCUT2D eigenvalue weighted by Gasteiger charge is 2.53. The van der Waals surface area contributed by atoms with Crippen molar-refractivity contribution < 1.29 is 27.5 Å². The second kappa shape index (κ2) is 10.5. The van der Waals surface area contributed by atoms with Crippen LogP contribution < -0.4 is 4.90 Å². The molecular weight excluding hydrogens is 530 g/mol. The predicted molar refractivity (Wildman–Crippen MR) is 156 cm³/mol. The zero-order valence-electron chi connectivity index (χ0n) is 24.4. The third-order valence-electron chi connectivity index (χ3n) is 6.81. The average molecular weight is 570 g/mol. The lowest BCUT2D eigenvalue weighted by molar-refractivity contribution is -0.163. The maximum atomic E-state index is 13.4. The number of para-hydroxylation sites is 1. The molecule has 4 rings (SSSR count). The molecule has 0 aromatic heterocycles. The predicted octanol–water partition coefficient (Wildman–Crippen LogP) is 4.86. The molecule has 2 aromatic rings. The van der Waals surface area contributed by atoms with Crippen molar-refractivity contribution in [3.63, 3.8) is 0 Å². The summed E-state index contributed by atoms with van der Waals surface area (Å²) < 4.78 is 38.3. The van der Waals surface area contributed by atoms with Crippen LogP contribution in [0.4, 0.5) is 16.2 Å². The molecule has 2 aliphatic rings. The number of ether oxygens (including phenoxy) is 2. The van der Waals surface area contributed by atoms with Crippen LogP contribution in [-0.2, 0) is 36.1 Å². The topological polar surface area (TPSA) is 106 Å². The quantitative estimate of drug-likeness (QED) is 0.484. The zero-order chi connectivity index (χ0) is 29.5. The van der Waals surface area contributed by atoms with Gasteiger partial charge >= 0.3 is 12.1 Å². The number of amides is 1. The minimum Gasteiger partial charge on any atom is -0.446 e. The molecule has 0 bridgehead atoms. The van der Waals surface area contributed by atoms with E-state index in [1.54, 1.807) is 31.7 Å². The van der Waals surface area contributed by atoms with Crippen molar-refractivity contribution in [2.24, 2.45) is 10.4 Å². The molecule has 2 aromatic carbocycles. The van der Waals surface area contributed by atoms with Crippen LogP contribution in [0.5, 0.6) is 0 Å². The number of anilines is 1. The van der Waals surface area contributed by atoms with E-state index in [4.69, 9.17) is 14.5 Å². The first kappa shape index (κ1) is 29.6. The lowest BCUT2D eigenvalue weighted by Crippen LogP contribution is -2.50. The highest BCUT2D eigenvalue weighted by molar-refractivity contribution is 8.06. The minimum atomic E-state index is -3.89. The summed E-state index contributed by atoms with van der Waals surface area (Å²) in [6.45, 7) is 12.6. The molecular formula is C30H39N3O6S. The molecule has 40 heavy (non-hydrogen) atoms. The lowest BCUT2D eigenvalue weighted by Gasteiger charge is -2.37. The molecule has 2 aliphatic heterocycles.